The van der Waals surface area contributed by atoms with Crippen molar-refractivity contribution in [1.29, 1.82) is 0 Å². The molecule has 1 unspecified atom stereocenters. The van der Waals surface area contributed by atoms with Crippen LogP contribution in [0, 0.1) is 10.1 Å². The third-order valence-electron chi connectivity index (χ3n) is 4.85. The lowest BCUT2D eigenvalue weighted by atomic mass is 10.0. The molecule has 3 N–H and O–H groups in total. The van der Waals surface area contributed by atoms with Crippen LogP contribution in [-0.4, -0.2) is 37.5 Å². The molecule has 0 aliphatic carbocycles. The zero-order valence-electron chi connectivity index (χ0n) is 18.7. The summed E-state index contributed by atoms with van der Waals surface area (Å²) in [4.78, 5) is 36.7. The number of non-ortho nitro benzene ring substituents is 1. The maximum Gasteiger partial charge on any atom is 0.271 e. The number of halogens is 2. The molecule has 1 atom stereocenters. The van der Waals surface area contributed by atoms with E-state index < -0.39 is 32.8 Å². The minimum atomic E-state index is -3.71. The Morgan fingerprint density at radius 3 is 2.28 bits per heavy atom. The molecule has 13 heteroatoms. The van der Waals surface area contributed by atoms with Crippen molar-refractivity contribution >= 4 is 62.1 Å². The standard InChI is InChI=1S/C23H20Cl2N4O6S/c1-36(34,35)28-19-9-7-15(24)12-17(19)22(30)27-21(11-14-5-3-2-4-6-14)23(31)26-20-10-8-16(29(32)33)13-18(20)25/h2-10,12-13,21,28H,11H2,1H3,(H,26,31)(H,27,30). The van der Waals surface area contributed by atoms with Crippen molar-refractivity contribution in [3.63, 3.8) is 0 Å². The molecule has 0 fully saturated rings. The molecule has 0 spiro atoms. The van der Waals surface area contributed by atoms with Gasteiger partial charge in [-0.05, 0) is 29.8 Å². The van der Waals surface area contributed by atoms with Crippen molar-refractivity contribution in [2.75, 3.05) is 16.3 Å². The Morgan fingerprint density at radius 2 is 1.67 bits per heavy atom. The highest BCUT2D eigenvalue weighted by atomic mass is 35.5. The predicted octanol–water partition coefficient (Wildman–Crippen LogP) is 4.25. The van der Waals surface area contributed by atoms with Crippen molar-refractivity contribution in [3.8, 4) is 0 Å². The van der Waals surface area contributed by atoms with Crippen molar-refractivity contribution in [2.24, 2.45) is 0 Å². The third-order valence-corrected chi connectivity index (χ3v) is 5.99. The highest BCUT2D eigenvalue weighted by Gasteiger charge is 2.25. The number of anilines is 2. The maximum absolute atomic E-state index is 13.2. The topological polar surface area (TPSA) is 148 Å². The van der Waals surface area contributed by atoms with E-state index in [-0.39, 0.29) is 39.1 Å². The minimum absolute atomic E-state index is 0.0170. The molecule has 3 aromatic rings. The van der Waals surface area contributed by atoms with E-state index in [0.29, 0.717) is 0 Å². The molecule has 0 bridgehead atoms. The number of carbonyl (C=O) groups excluding carboxylic acids is 2. The van der Waals surface area contributed by atoms with Crippen molar-refractivity contribution in [1.82, 2.24) is 5.32 Å². The van der Waals surface area contributed by atoms with E-state index in [1.54, 1.807) is 30.3 Å². The number of nitrogens with zero attached hydrogens (tertiary/aromatic N) is 1. The van der Waals surface area contributed by atoms with E-state index in [0.717, 1.165) is 17.9 Å². The lowest BCUT2D eigenvalue weighted by Crippen LogP contribution is -2.45. The third kappa shape index (κ3) is 7.41. The molecule has 0 heterocycles. The summed E-state index contributed by atoms with van der Waals surface area (Å²) in [5.74, 6) is -1.41. The highest BCUT2D eigenvalue weighted by molar-refractivity contribution is 7.92. The zero-order chi connectivity index (χ0) is 26.5. The Morgan fingerprint density at radius 1 is 1.00 bits per heavy atom. The Kier molecular flexibility index (Phi) is 8.51. The Bertz CT molecular complexity index is 1420. The smallest absolute Gasteiger partial charge is 0.271 e. The average Bonchev–Trinajstić information content (AvgIpc) is 2.80. The Labute approximate surface area is 216 Å². The monoisotopic (exact) mass is 550 g/mol. The molecule has 3 aromatic carbocycles. The molecule has 0 aliphatic heterocycles. The summed E-state index contributed by atoms with van der Waals surface area (Å²) in [5, 5.41) is 16.3. The van der Waals surface area contributed by atoms with Gasteiger partial charge in [0.25, 0.3) is 11.6 Å². The number of rotatable bonds is 9. The summed E-state index contributed by atoms with van der Waals surface area (Å²) in [6, 6.07) is 15.3. The summed E-state index contributed by atoms with van der Waals surface area (Å²) in [6.45, 7) is 0. The van der Waals surface area contributed by atoms with Crippen LogP contribution >= 0.6 is 23.2 Å². The van der Waals surface area contributed by atoms with Crippen molar-refractivity contribution in [3.05, 3.63) is 98.0 Å². The molecule has 3 rings (SSSR count). The molecular formula is C23H20Cl2N4O6S. The van der Waals surface area contributed by atoms with Crippen LogP contribution in [0.3, 0.4) is 0 Å². The van der Waals surface area contributed by atoms with Crippen molar-refractivity contribution < 1.29 is 22.9 Å². The van der Waals surface area contributed by atoms with E-state index in [4.69, 9.17) is 23.2 Å². The van der Waals surface area contributed by atoms with Gasteiger partial charge in [-0.1, -0.05) is 53.5 Å². The van der Waals surface area contributed by atoms with Gasteiger partial charge < -0.3 is 10.6 Å². The quantitative estimate of drug-likeness (QED) is 0.268. The Balaban J connectivity index is 1.90. The van der Waals surface area contributed by atoms with Crippen molar-refractivity contribution in [2.45, 2.75) is 12.5 Å². The number of amides is 2. The molecular weight excluding hydrogens is 531 g/mol. The normalized spacial score (nSPS) is 11.9. The fourth-order valence-corrected chi connectivity index (χ4v) is 4.20. The molecule has 2 amide bonds. The van der Waals surface area contributed by atoms with Crippen LogP contribution in [-0.2, 0) is 21.2 Å². The fourth-order valence-electron chi connectivity index (χ4n) is 3.23. The molecule has 0 saturated heterocycles. The summed E-state index contributed by atoms with van der Waals surface area (Å²) in [7, 11) is -3.71. The van der Waals surface area contributed by atoms with Gasteiger partial charge in [-0.25, -0.2) is 8.42 Å². The number of nitro benzene ring substituents is 1. The van der Waals surface area contributed by atoms with Gasteiger partial charge in [-0.3, -0.25) is 24.4 Å². The minimum Gasteiger partial charge on any atom is -0.340 e. The van der Waals surface area contributed by atoms with E-state index in [2.05, 4.69) is 15.4 Å². The van der Waals surface area contributed by atoms with Crippen LogP contribution in [0.1, 0.15) is 15.9 Å². The van der Waals surface area contributed by atoms with E-state index in [9.17, 15) is 28.1 Å². The van der Waals surface area contributed by atoms with Gasteiger partial charge in [0.2, 0.25) is 15.9 Å². The van der Waals surface area contributed by atoms with Crippen LogP contribution in [0.4, 0.5) is 17.1 Å². The van der Waals surface area contributed by atoms with Gasteiger partial charge >= 0.3 is 0 Å². The Hall–Kier alpha value is -3.67. The number of hydrogen-bond acceptors (Lipinski definition) is 6. The second-order valence-electron chi connectivity index (χ2n) is 7.69. The van der Waals surface area contributed by atoms with Crippen LogP contribution in [0.2, 0.25) is 10.0 Å². The number of nitrogens with one attached hydrogen (secondary N) is 3. The van der Waals surface area contributed by atoms with Crippen LogP contribution in [0.15, 0.2) is 66.7 Å². The average molecular weight is 551 g/mol. The molecule has 188 valence electrons. The first-order valence-electron chi connectivity index (χ1n) is 10.3. The largest absolute Gasteiger partial charge is 0.340 e. The fraction of sp³-hybridized carbons (Fsp3) is 0.130. The second kappa shape index (κ2) is 11.4. The molecule has 0 saturated carbocycles. The summed E-state index contributed by atoms with van der Waals surface area (Å²) < 4.78 is 25.7. The van der Waals surface area contributed by atoms with E-state index in [1.165, 1.54) is 30.3 Å². The number of sulfonamides is 1. The SMILES string of the molecule is CS(=O)(=O)Nc1ccc(Cl)cc1C(=O)NC(Cc1ccccc1)C(=O)Nc1ccc([N+](=O)[O-])cc1Cl. The first-order chi connectivity index (χ1) is 16.9. The molecule has 0 aliphatic rings. The van der Waals surface area contributed by atoms with E-state index in [1.807, 2.05) is 0 Å². The lowest BCUT2D eigenvalue weighted by Gasteiger charge is -2.20. The molecule has 0 radical (unpaired) electrons. The lowest BCUT2D eigenvalue weighted by molar-refractivity contribution is -0.384. The molecule has 0 aromatic heterocycles. The predicted molar refractivity (Wildman–Crippen MR) is 138 cm³/mol. The number of nitro groups is 1. The van der Waals surface area contributed by atoms with E-state index >= 15 is 0 Å². The van der Waals surface area contributed by atoms with Gasteiger partial charge in [0.1, 0.15) is 6.04 Å². The van der Waals surface area contributed by atoms with Gasteiger partial charge in [0, 0.05) is 23.6 Å². The van der Waals surface area contributed by atoms with Gasteiger partial charge in [-0.2, -0.15) is 0 Å². The number of carbonyl (C=O) groups is 2. The molecule has 10 nitrogen and oxygen atoms in total. The first kappa shape index (κ1) is 26.9. The van der Waals surface area contributed by atoms with Gasteiger partial charge in [0.15, 0.2) is 0 Å². The first-order valence-corrected chi connectivity index (χ1v) is 12.9. The summed E-state index contributed by atoms with van der Waals surface area (Å²) in [5.41, 5.74) is 0.484. The van der Waals surface area contributed by atoms with Gasteiger partial charge in [0.05, 0.1) is 33.1 Å². The summed E-state index contributed by atoms with van der Waals surface area (Å²) in [6.07, 6.45) is 1.02. The van der Waals surface area contributed by atoms with Crippen LogP contribution < -0.4 is 15.4 Å². The maximum atomic E-state index is 13.2. The molecule has 36 heavy (non-hydrogen) atoms. The summed E-state index contributed by atoms with van der Waals surface area (Å²) >= 11 is 12.1. The van der Waals surface area contributed by atoms with Crippen LogP contribution in [0.5, 0.6) is 0 Å². The van der Waals surface area contributed by atoms with Crippen LogP contribution in [0.25, 0.3) is 0 Å². The number of benzene rings is 3. The highest BCUT2D eigenvalue weighted by Crippen LogP contribution is 2.27. The number of hydrogen-bond donors (Lipinski definition) is 3. The zero-order valence-corrected chi connectivity index (χ0v) is 21.0. The van der Waals surface area contributed by atoms with Gasteiger partial charge in [-0.15, -0.1) is 0 Å². The second-order valence-corrected chi connectivity index (χ2v) is 10.3.